The standard InChI is InChI=1S/C12H12ClF3N2O2/c13-8-2-1-7(12(14,15)16)3-9(8)18-11(4-10(19)20)5-17-6-11/h1-3,17-18H,4-6H2,(H,19,20). The Morgan fingerprint density at radius 2 is 2.10 bits per heavy atom. The molecule has 1 aromatic carbocycles. The number of hydrogen-bond donors (Lipinski definition) is 3. The van der Waals surface area contributed by atoms with Gasteiger partial charge in [-0.2, -0.15) is 13.2 Å². The van der Waals surface area contributed by atoms with Crippen LogP contribution >= 0.6 is 11.6 Å². The summed E-state index contributed by atoms with van der Waals surface area (Å²) in [7, 11) is 0. The normalized spacial score (nSPS) is 17.4. The molecule has 1 fully saturated rings. The predicted molar refractivity (Wildman–Crippen MR) is 67.9 cm³/mol. The highest BCUT2D eigenvalue weighted by molar-refractivity contribution is 6.33. The summed E-state index contributed by atoms with van der Waals surface area (Å²) in [4.78, 5) is 10.8. The van der Waals surface area contributed by atoms with Crippen LogP contribution in [0.2, 0.25) is 5.02 Å². The van der Waals surface area contributed by atoms with E-state index in [1.165, 1.54) is 0 Å². The van der Waals surface area contributed by atoms with Crippen molar-refractivity contribution in [3.63, 3.8) is 0 Å². The number of carboxylic acids is 1. The van der Waals surface area contributed by atoms with Crippen molar-refractivity contribution in [2.75, 3.05) is 18.4 Å². The first-order chi connectivity index (χ1) is 9.22. The van der Waals surface area contributed by atoms with E-state index in [0.29, 0.717) is 13.1 Å². The first kappa shape index (κ1) is 14.9. The Kier molecular flexibility index (Phi) is 3.84. The van der Waals surface area contributed by atoms with Crippen molar-refractivity contribution in [3.05, 3.63) is 28.8 Å². The molecule has 0 unspecified atom stereocenters. The number of benzene rings is 1. The maximum absolute atomic E-state index is 12.7. The van der Waals surface area contributed by atoms with Gasteiger partial charge in [0.05, 0.1) is 28.2 Å². The fourth-order valence-electron chi connectivity index (χ4n) is 2.06. The lowest BCUT2D eigenvalue weighted by atomic mass is 9.88. The lowest BCUT2D eigenvalue weighted by Crippen LogP contribution is -2.65. The number of hydrogen-bond acceptors (Lipinski definition) is 3. The zero-order valence-electron chi connectivity index (χ0n) is 10.2. The number of anilines is 1. The van der Waals surface area contributed by atoms with E-state index in [0.717, 1.165) is 18.2 Å². The molecule has 4 nitrogen and oxygen atoms in total. The zero-order chi connectivity index (χ0) is 15.0. The quantitative estimate of drug-likeness (QED) is 0.800. The van der Waals surface area contributed by atoms with E-state index in [4.69, 9.17) is 16.7 Å². The largest absolute Gasteiger partial charge is 0.481 e. The Balaban J connectivity index is 2.26. The van der Waals surface area contributed by atoms with Crippen LogP contribution in [-0.2, 0) is 11.0 Å². The predicted octanol–water partition coefficient (Wildman–Crippen LogP) is 2.59. The second-order valence-corrected chi connectivity index (χ2v) is 5.18. The Bertz CT molecular complexity index is 530. The van der Waals surface area contributed by atoms with Crippen molar-refractivity contribution in [1.29, 1.82) is 0 Å². The van der Waals surface area contributed by atoms with Crippen molar-refractivity contribution in [1.82, 2.24) is 5.32 Å². The number of carbonyl (C=O) groups is 1. The minimum Gasteiger partial charge on any atom is -0.481 e. The molecule has 0 aromatic heterocycles. The summed E-state index contributed by atoms with van der Waals surface area (Å²) in [6, 6.07) is 2.92. The molecule has 0 saturated carbocycles. The molecule has 0 bridgehead atoms. The maximum atomic E-state index is 12.7. The molecule has 1 aromatic rings. The summed E-state index contributed by atoms with van der Waals surface area (Å²) in [6.07, 6.45) is -4.68. The highest BCUT2D eigenvalue weighted by atomic mass is 35.5. The van der Waals surface area contributed by atoms with Crippen LogP contribution in [0, 0.1) is 0 Å². The molecular weight excluding hydrogens is 297 g/mol. The highest BCUT2D eigenvalue weighted by Crippen LogP contribution is 2.35. The third kappa shape index (κ3) is 3.16. The minimum absolute atomic E-state index is 0.0873. The van der Waals surface area contributed by atoms with Gasteiger partial charge in [-0.25, -0.2) is 0 Å². The van der Waals surface area contributed by atoms with Gasteiger partial charge in [0.15, 0.2) is 0 Å². The molecule has 1 heterocycles. The molecule has 1 aliphatic heterocycles. The van der Waals surface area contributed by atoms with Crippen LogP contribution in [0.4, 0.5) is 18.9 Å². The fraction of sp³-hybridized carbons (Fsp3) is 0.417. The number of nitrogens with one attached hydrogen (secondary N) is 2. The lowest BCUT2D eigenvalue weighted by Gasteiger charge is -2.43. The first-order valence-corrected chi connectivity index (χ1v) is 6.17. The van der Waals surface area contributed by atoms with Gasteiger partial charge in [0.25, 0.3) is 0 Å². The molecule has 20 heavy (non-hydrogen) atoms. The topological polar surface area (TPSA) is 61.4 Å². The number of carboxylic acid groups (broad SMARTS) is 1. The smallest absolute Gasteiger partial charge is 0.416 e. The third-order valence-corrected chi connectivity index (χ3v) is 3.44. The first-order valence-electron chi connectivity index (χ1n) is 5.79. The SMILES string of the molecule is O=C(O)CC1(Nc2cc(C(F)(F)F)ccc2Cl)CNC1. The number of aliphatic carboxylic acids is 1. The molecule has 0 atom stereocenters. The van der Waals surface area contributed by atoms with Crippen LogP contribution in [-0.4, -0.2) is 29.7 Å². The monoisotopic (exact) mass is 308 g/mol. The molecule has 0 radical (unpaired) electrons. The third-order valence-electron chi connectivity index (χ3n) is 3.11. The summed E-state index contributed by atoms with van der Waals surface area (Å²) in [5.74, 6) is -1.03. The molecule has 0 amide bonds. The van der Waals surface area contributed by atoms with E-state index in [1.807, 2.05) is 0 Å². The minimum atomic E-state index is -4.47. The van der Waals surface area contributed by atoms with Gasteiger partial charge in [-0.3, -0.25) is 4.79 Å². The van der Waals surface area contributed by atoms with Gasteiger partial charge in [-0.15, -0.1) is 0 Å². The van der Waals surface area contributed by atoms with Gasteiger partial charge in [-0.1, -0.05) is 11.6 Å². The summed E-state index contributed by atoms with van der Waals surface area (Å²) >= 11 is 5.87. The van der Waals surface area contributed by atoms with Gasteiger partial charge < -0.3 is 15.7 Å². The number of halogens is 4. The molecule has 1 aliphatic rings. The van der Waals surface area contributed by atoms with Crippen molar-refractivity contribution >= 4 is 23.3 Å². The second-order valence-electron chi connectivity index (χ2n) is 4.77. The second kappa shape index (κ2) is 5.14. The van der Waals surface area contributed by atoms with Crippen LogP contribution in [0.15, 0.2) is 18.2 Å². The number of rotatable bonds is 4. The zero-order valence-corrected chi connectivity index (χ0v) is 11.0. The van der Waals surface area contributed by atoms with E-state index in [1.54, 1.807) is 0 Å². The molecule has 8 heteroatoms. The summed E-state index contributed by atoms with van der Waals surface area (Å²) in [5.41, 5.74) is -1.55. The van der Waals surface area contributed by atoms with Crippen LogP contribution in [0.5, 0.6) is 0 Å². The lowest BCUT2D eigenvalue weighted by molar-refractivity contribution is -0.139. The van der Waals surface area contributed by atoms with E-state index < -0.39 is 23.2 Å². The summed E-state index contributed by atoms with van der Waals surface area (Å²) in [6.45, 7) is 0.706. The van der Waals surface area contributed by atoms with E-state index in [2.05, 4.69) is 10.6 Å². The Morgan fingerprint density at radius 3 is 2.55 bits per heavy atom. The molecule has 2 rings (SSSR count). The highest BCUT2D eigenvalue weighted by Gasteiger charge is 2.40. The van der Waals surface area contributed by atoms with E-state index in [-0.39, 0.29) is 17.1 Å². The molecule has 0 spiro atoms. The van der Waals surface area contributed by atoms with Crippen molar-refractivity contribution in [2.24, 2.45) is 0 Å². The Morgan fingerprint density at radius 1 is 1.45 bits per heavy atom. The molecule has 0 aliphatic carbocycles. The van der Waals surface area contributed by atoms with E-state index in [9.17, 15) is 18.0 Å². The van der Waals surface area contributed by atoms with Gasteiger partial charge >= 0.3 is 12.1 Å². The van der Waals surface area contributed by atoms with Gasteiger partial charge in [0, 0.05) is 13.1 Å². The molecule has 3 N–H and O–H groups in total. The summed E-state index contributed by atoms with van der Waals surface area (Å²) in [5, 5.41) is 14.7. The van der Waals surface area contributed by atoms with Crippen LogP contribution in [0.3, 0.4) is 0 Å². The fourth-order valence-corrected chi connectivity index (χ4v) is 2.22. The van der Waals surface area contributed by atoms with Crippen molar-refractivity contribution in [3.8, 4) is 0 Å². The Hall–Kier alpha value is -1.47. The molecular formula is C12H12ClF3N2O2. The van der Waals surface area contributed by atoms with Crippen LogP contribution < -0.4 is 10.6 Å². The Labute approximate surface area is 117 Å². The maximum Gasteiger partial charge on any atom is 0.416 e. The molecule has 110 valence electrons. The average Bonchev–Trinajstić information content (AvgIpc) is 2.26. The van der Waals surface area contributed by atoms with Gasteiger partial charge in [0.2, 0.25) is 0 Å². The van der Waals surface area contributed by atoms with Crippen LogP contribution in [0.25, 0.3) is 0 Å². The van der Waals surface area contributed by atoms with E-state index >= 15 is 0 Å². The van der Waals surface area contributed by atoms with Gasteiger partial charge in [0.1, 0.15) is 0 Å². The average molecular weight is 309 g/mol. The summed E-state index contributed by atoms with van der Waals surface area (Å²) < 4.78 is 38.0. The van der Waals surface area contributed by atoms with Crippen molar-refractivity contribution < 1.29 is 23.1 Å². The number of alkyl halides is 3. The van der Waals surface area contributed by atoms with Crippen LogP contribution in [0.1, 0.15) is 12.0 Å². The van der Waals surface area contributed by atoms with Crippen molar-refractivity contribution in [2.45, 2.75) is 18.1 Å². The molecule has 1 saturated heterocycles. The van der Waals surface area contributed by atoms with Gasteiger partial charge in [-0.05, 0) is 18.2 Å².